The summed E-state index contributed by atoms with van der Waals surface area (Å²) in [6, 6.07) is 37.9. The molecule has 0 aliphatic heterocycles. The smallest absolute Gasteiger partial charge is 0.330 e. The second-order valence-electron chi connectivity index (χ2n) is 10.0. The lowest BCUT2D eigenvalue weighted by atomic mass is 9.74. The number of carboxylic acids is 1. The average molecular weight is 502 g/mol. The van der Waals surface area contributed by atoms with E-state index < -0.39 is 17.4 Å². The molecule has 0 radical (unpaired) electrons. The van der Waals surface area contributed by atoms with Crippen molar-refractivity contribution in [3.05, 3.63) is 132 Å². The van der Waals surface area contributed by atoms with Gasteiger partial charge in [-0.3, -0.25) is 4.79 Å². The van der Waals surface area contributed by atoms with Gasteiger partial charge in [0.05, 0.1) is 0 Å². The molecule has 190 valence electrons. The Bertz CT molecular complexity index is 1600. The van der Waals surface area contributed by atoms with Crippen LogP contribution in [0.5, 0.6) is 0 Å². The molecule has 0 heterocycles. The van der Waals surface area contributed by atoms with Crippen molar-refractivity contribution in [3.63, 3.8) is 0 Å². The highest BCUT2D eigenvalue weighted by molar-refractivity contribution is 5.90. The Labute approximate surface area is 223 Å². The van der Waals surface area contributed by atoms with Crippen LogP contribution in [0.3, 0.4) is 0 Å². The Kier molecular flexibility index (Phi) is 6.97. The van der Waals surface area contributed by atoms with Crippen LogP contribution in [0.25, 0.3) is 21.5 Å². The predicted octanol–water partition coefficient (Wildman–Crippen LogP) is 7.21. The fourth-order valence-electron chi connectivity index (χ4n) is 5.67. The molecule has 0 aromatic heterocycles. The maximum absolute atomic E-state index is 13.3. The van der Waals surface area contributed by atoms with Gasteiger partial charge in [-0.05, 0) is 51.6 Å². The first-order valence-corrected chi connectivity index (χ1v) is 12.9. The van der Waals surface area contributed by atoms with Gasteiger partial charge in [0.1, 0.15) is 5.54 Å². The summed E-state index contributed by atoms with van der Waals surface area (Å²) in [6.07, 6.45) is 0.466. The Hall–Kier alpha value is -4.44. The molecule has 1 N–H and O–H groups in total. The van der Waals surface area contributed by atoms with Crippen molar-refractivity contribution in [2.45, 2.75) is 38.3 Å². The van der Waals surface area contributed by atoms with E-state index in [0.29, 0.717) is 6.42 Å². The van der Waals surface area contributed by atoms with Gasteiger partial charge in [0.25, 0.3) is 0 Å². The number of carbonyl (C=O) groups is 2. The molecular weight excluding hydrogens is 470 g/mol. The van der Waals surface area contributed by atoms with Gasteiger partial charge in [-0.1, -0.05) is 115 Å². The number of hydrogen-bond donors (Lipinski definition) is 1. The Morgan fingerprint density at radius 2 is 1.21 bits per heavy atom. The molecule has 1 unspecified atom stereocenters. The molecule has 0 aliphatic rings. The van der Waals surface area contributed by atoms with E-state index in [4.69, 9.17) is 0 Å². The number of fused-ring (bicyclic) bond motifs is 2. The fourth-order valence-corrected chi connectivity index (χ4v) is 5.67. The molecular formula is C34H31NO3. The molecule has 4 nitrogen and oxygen atoms in total. The van der Waals surface area contributed by atoms with E-state index in [-0.39, 0.29) is 12.5 Å². The number of amides is 1. The van der Waals surface area contributed by atoms with Gasteiger partial charge < -0.3 is 10.0 Å². The van der Waals surface area contributed by atoms with Gasteiger partial charge in [-0.2, -0.15) is 0 Å². The highest BCUT2D eigenvalue weighted by Gasteiger charge is 2.48. The van der Waals surface area contributed by atoms with Crippen LogP contribution in [0.15, 0.2) is 115 Å². The quantitative estimate of drug-likeness (QED) is 0.244. The zero-order chi connectivity index (χ0) is 26.7. The predicted molar refractivity (Wildman–Crippen MR) is 153 cm³/mol. The standard InChI is InChI=1S/C34H31NO3/c1-24(36)35(23-29-19-11-17-26-13-7-9-21-31(26)29)34(2,33(37)38)32(27-14-4-3-5-15-27)22-28-18-10-16-25-12-6-8-20-30(25)28/h3-21,32H,22-23H2,1-2H3,(H,37,38)/t32?,34-/m1/s1. The zero-order valence-corrected chi connectivity index (χ0v) is 21.7. The number of hydrogen-bond acceptors (Lipinski definition) is 2. The number of aliphatic carboxylic acids is 1. The van der Waals surface area contributed by atoms with Gasteiger partial charge in [0.2, 0.25) is 5.91 Å². The second kappa shape index (κ2) is 10.5. The summed E-state index contributed by atoms with van der Waals surface area (Å²) in [7, 11) is 0. The zero-order valence-electron chi connectivity index (χ0n) is 21.7. The van der Waals surface area contributed by atoms with Crippen LogP contribution < -0.4 is 0 Å². The molecule has 4 heteroatoms. The molecule has 5 aromatic rings. The third-order valence-corrected chi connectivity index (χ3v) is 7.77. The minimum absolute atomic E-state index is 0.193. The largest absolute Gasteiger partial charge is 0.479 e. The highest BCUT2D eigenvalue weighted by atomic mass is 16.4. The van der Waals surface area contributed by atoms with E-state index in [1.54, 1.807) is 11.8 Å². The fraction of sp³-hybridized carbons (Fsp3) is 0.176. The van der Waals surface area contributed by atoms with E-state index in [1.807, 2.05) is 91.0 Å². The van der Waals surface area contributed by atoms with Crippen molar-refractivity contribution in [2.24, 2.45) is 0 Å². The monoisotopic (exact) mass is 501 g/mol. The van der Waals surface area contributed by atoms with Gasteiger partial charge in [0.15, 0.2) is 0 Å². The third kappa shape index (κ3) is 4.66. The number of benzene rings is 5. The maximum atomic E-state index is 13.3. The maximum Gasteiger partial charge on any atom is 0.330 e. The summed E-state index contributed by atoms with van der Waals surface area (Å²) in [5.41, 5.74) is 1.34. The normalized spacial score (nSPS) is 13.6. The van der Waals surface area contributed by atoms with Crippen LogP contribution in [0, 0.1) is 0 Å². The first-order chi connectivity index (χ1) is 18.4. The summed E-state index contributed by atoms with van der Waals surface area (Å²) in [5, 5.41) is 15.1. The average Bonchev–Trinajstić information content (AvgIpc) is 2.94. The summed E-state index contributed by atoms with van der Waals surface area (Å²) in [4.78, 5) is 28.1. The number of carboxylic acid groups (broad SMARTS) is 1. The number of nitrogens with zero attached hydrogens (tertiary/aromatic N) is 1. The highest BCUT2D eigenvalue weighted by Crippen LogP contribution is 2.39. The van der Waals surface area contributed by atoms with Gasteiger partial charge in [0, 0.05) is 19.4 Å². The van der Waals surface area contributed by atoms with Crippen LogP contribution in [-0.4, -0.2) is 27.4 Å². The van der Waals surface area contributed by atoms with Crippen molar-refractivity contribution in [1.82, 2.24) is 4.90 Å². The van der Waals surface area contributed by atoms with Gasteiger partial charge >= 0.3 is 5.97 Å². The lowest BCUT2D eigenvalue weighted by Crippen LogP contribution is -2.58. The van der Waals surface area contributed by atoms with Crippen LogP contribution in [0.1, 0.15) is 36.5 Å². The molecule has 0 saturated heterocycles. The Morgan fingerprint density at radius 1 is 0.711 bits per heavy atom. The van der Waals surface area contributed by atoms with Crippen molar-refractivity contribution >= 4 is 33.4 Å². The van der Waals surface area contributed by atoms with Crippen LogP contribution >= 0.6 is 0 Å². The van der Waals surface area contributed by atoms with Crippen LogP contribution in [0.2, 0.25) is 0 Å². The molecule has 38 heavy (non-hydrogen) atoms. The number of carbonyl (C=O) groups excluding carboxylic acids is 1. The van der Waals surface area contributed by atoms with E-state index in [0.717, 1.165) is 38.2 Å². The third-order valence-electron chi connectivity index (χ3n) is 7.77. The first-order valence-electron chi connectivity index (χ1n) is 12.9. The van der Waals surface area contributed by atoms with E-state index in [2.05, 4.69) is 24.3 Å². The summed E-state index contributed by atoms with van der Waals surface area (Å²) in [5.74, 6) is -1.80. The van der Waals surface area contributed by atoms with Crippen LogP contribution in [0.4, 0.5) is 0 Å². The summed E-state index contributed by atoms with van der Waals surface area (Å²) in [6.45, 7) is 3.36. The van der Waals surface area contributed by atoms with Gasteiger partial charge in [-0.25, -0.2) is 4.79 Å². The van der Waals surface area contributed by atoms with Crippen molar-refractivity contribution in [1.29, 1.82) is 0 Å². The lowest BCUT2D eigenvalue weighted by molar-refractivity contribution is -0.160. The molecule has 0 fully saturated rings. The van der Waals surface area contributed by atoms with E-state index >= 15 is 0 Å². The number of rotatable bonds is 8. The van der Waals surface area contributed by atoms with Gasteiger partial charge in [-0.15, -0.1) is 0 Å². The second-order valence-corrected chi connectivity index (χ2v) is 10.0. The first kappa shape index (κ1) is 25.2. The molecule has 1 amide bonds. The van der Waals surface area contributed by atoms with Crippen molar-refractivity contribution in [3.8, 4) is 0 Å². The molecule has 0 bridgehead atoms. The molecule has 5 aromatic carbocycles. The molecule has 0 saturated carbocycles. The minimum atomic E-state index is -1.51. The summed E-state index contributed by atoms with van der Waals surface area (Å²) >= 11 is 0. The molecule has 2 atom stereocenters. The van der Waals surface area contributed by atoms with Crippen molar-refractivity contribution in [2.75, 3.05) is 0 Å². The summed E-state index contributed by atoms with van der Waals surface area (Å²) < 4.78 is 0. The van der Waals surface area contributed by atoms with Crippen LogP contribution in [-0.2, 0) is 22.6 Å². The minimum Gasteiger partial charge on any atom is -0.479 e. The van der Waals surface area contributed by atoms with E-state index in [1.165, 1.54) is 6.92 Å². The molecule has 5 rings (SSSR count). The molecule has 0 aliphatic carbocycles. The van der Waals surface area contributed by atoms with E-state index in [9.17, 15) is 14.7 Å². The topological polar surface area (TPSA) is 57.6 Å². The Balaban J connectivity index is 1.66. The molecule has 0 spiro atoms. The Morgan fingerprint density at radius 3 is 1.79 bits per heavy atom. The van der Waals surface area contributed by atoms with Crippen molar-refractivity contribution < 1.29 is 14.7 Å². The SMILES string of the molecule is CC(=O)N(Cc1cccc2ccccc12)[C@@](C)(C(=O)O)C(Cc1cccc2ccccc12)c1ccccc1. The lowest BCUT2D eigenvalue weighted by Gasteiger charge is -2.43.